The Morgan fingerprint density at radius 1 is 1.23 bits per heavy atom. The highest BCUT2D eigenvalue weighted by atomic mass is 35.5. The molecule has 0 aliphatic rings. The molecule has 116 valence electrons. The Morgan fingerprint density at radius 3 is 2.55 bits per heavy atom. The van der Waals surface area contributed by atoms with Crippen LogP contribution in [0.15, 0.2) is 48.5 Å². The standard InChI is InChI=1S/C17H18ClNO3/c1-2-22-13-9-7-12(8-10-13)17(21)19-11-16(20)14-5-3-4-6-15(14)18/h3-10,16,20H,2,11H2,1H3,(H,19,21). The van der Waals surface area contributed by atoms with E-state index in [2.05, 4.69) is 5.32 Å². The molecular formula is C17H18ClNO3. The van der Waals surface area contributed by atoms with E-state index in [-0.39, 0.29) is 12.5 Å². The summed E-state index contributed by atoms with van der Waals surface area (Å²) in [6, 6.07) is 13.9. The number of hydrogen-bond donors (Lipinski definition) is 2. The zero-order valence-corrected chi connectivity index (χ0v) is 13.0. The average molecular weight is 320 g/mol. The second-order valence-electron chi connectivity index (χ2n) is 4.70. The lowest BCUT2D eigenvalue weighted by molar-refractivity contribution is 0.0916. The van der Waals surface area contributed by atoms with Crippen LogP contribution in [0, 0.1) is 0 Å². The molecule has 1 amide bonds. The second kappa shape index (κ2) is 7.82. The van der Waals surface area contributed by atoms with Gasteiger partial charge in [-0.2, -0.15) is 0 Å². The number of ether oxygens (including phenoxy) is 1. The molecule has 0 bridgehead atoms. The van der Waals surface area contributed by atoms with Crippen LogP contribution in [0.3, 0.4) is 0 Å². The number of amides is 1. The van der Waals surface area contributed by atoms with Crippen LogP contribution in [0.4, 0.5) is 0 Å². The number of carbonyl (C=O) groups is 1. The van der Waals surface area contributed by atoms with E-state index in [0.29, 0.717) is 22.8 Å². The number of hydrogen-bond acceptors (Lipinski definition) is 3. The van der Waals surface area contributed by atoms with Gasteiger partial charge in [-0.15, -0.1) is 0 Å². The normalized spacial score (nSPS) is 11.8. The van der Waals surface area contributed by atoms with Gasteiger partial charge in [0, 0.05) is 22.7 Å². The summed E-state index contributed by atoms with van der Waals surface area (Å²) in [5, 5.41) is 13.3. The van der Waals surface area contributed by atoms with Gasteiger partial charge in [-0.3, -0.25) is 4.79 Å². The third-order valence-corrected chi connectivity index (χ3v) is 3.49. The van der Waals surface area contributed by atoms with Gasteiger partial charge in [0.05, 0.1) is 12.7 Å². The van der Waals surface area contributed by atoms with Gasteiger partial charge in [-0.25, -0.2) is 0 Å². The summed E-state index contributed by atoms with van der Waals surface area (Å²) in [5.41, 5.74) is 1.10. The third-order valence-electron chi connectivity index (χ3n) is 3.15. The minimum absolute atomic E-state index is 0.0930. The first-order chi connectivity index (χ1) is 10.6. The molecule has 0 aromatic heterocycles. The molecule has 1 unspecified atom stereocenters. The van der Waals surface area contributed by atoms with Crippen LogP contribution < -0.4 is 10.1 Å². The van der Waals surface area contributed by atoms with Crippen molar-refractivity contribution in [3.05, 3.63) is 64.7 Å². The number of halogens is 1. The molecule has 0 spiro atoms. The van der Waals surface area contributed by atoms with Crippen molar-refractivity contribution in [3.63, 3.8) is 0 Å². The molecule has 22 heavy (non-hydrogen) atoms. The Morgan fingerprint density at radius 2 is 1.91 bits per heavy atom. The van der Waals surface area contributed by atoms with Gasteiger partial charge >= 0.3 is 0 Å². The number of benzene rings is 2. The maximum absolute atomic E-state index is 12.0. The minimum Gasteiger partial charge on any atom is -0.494 e. The average Bonchev–Trinajstić information content (AvgIpc) is 2.54. The van der Waals surface area contributed by atoms with Gasteiger partial charge in [0.15, 0.2) is 0 Å². The van der Waals surface area contributed by atoms with Gasteiger partial charge < -0.3 is 15.2 Å². The minimum atomic E-state index is -0.847. The molecule has 2 aromatic rings. The molecule has 1 atom stereocenters. The zero-order valence-electron chi connectivity index (χ0n) is 12.3. The predicted octanol–water partition coefficient (Wildman–Crippen LogP) is 3.20. The molecule has 2 aromatic carbocycles. The maximum Gasteiger partial charge on any atom is 0.251 e. The molecule has 0 aliphatic carbocycles. The lowest BCUT2D eigenvalue weighted by atomic mass is 10.1. The van der Waals surface area contributed by atoms with Crippen LogP contribution in [-0.2, 0) is 0 Å². The van der Waals surface area contributed by atoms with Crippen LogP contribution in [0.25, 0.3) is 0 Å². The number of aliphatic hydroxyl groups is 1. The van der Waals surface area contributed by atoms with E-state index in [4.69, 9.17) is 16.3 Å². The first-order valence-corrected chi connectivity index (χ1v) is 7.43. The number of aliphatic hydroxyl groups excluding tert-OH is 1. The van der Waals surface area contributed by atoms with E-state index < -0.39 is 6.10 Å². The lowest BCUT2D eigenvalue weighted by Crippen LogP contribution is -2.28. The van der Waals surface area contributed by atoms with Crippen molar-refractivity contribution in [1.29, 1.82) is 0 Å². The van der Waals surface area contributed by atoms with Crippen molar-refractivity contribution in [3.8, 4) is 5.75 Å². The molecule has 5 heteroatoms. The third kappa shape index (κ3) is 4.23. The lowest BCUT2D eigenvalue weighted by Gasteiger charge is -2.13. The fourth-order valence-corrected chi connectivity index (χ4v) is 2.28. The van der Waals surface area contributed by atoms with Crippen LogP contribution >= 0.6 is 11.6 Å². The van der Waals surface area contributed by atoms with E-state index in [0.717, 1.165) is 5.75 Å². The molecule has 0 heterocycles. The Bertz CT molecular complexity index is 628. The van der Waals surface area contributed by atoms with Crippen LogP contribution in [0.5, 0.6) is 5.75 Å². The number of nitrogens with one attached hydrogen (secondary N) is 1. The highest BCUT2D eigenvalue weighted by Crippen LogP contribution is 2.22. The highest BCUT2D eigenvalue weighted by Gasteiger charge is 2.13. The van der Waals surface area contributed by atoms with Gasteiger partial charge in [0.2, 0.25) is 0 Å². The number of rotatable bonds is 6. The van der Waals surface area contributed by atoms with E-state index in [1.807, 2.05) is 6.92 Å². The van der Waals surface area contributed by atoms with Crippen LogP contribution in [0.1, 0.15) is 28.9 Å². The zero-order chi connectivity index (χ0) is 15.9. The van der Waals surface area contributed by atoms with Gasteiger partial charge in [0.1, 0.15) is 5.75 Å². The molecule has 0 aliphatic heterocycles. The first kappa shape index (κ1) is 16.3. The van der Waals surface area contributed by atoms with Crippen molar-refractivity contribution < 1.29 is 14.6 Å². The Balaban J connectivity index is 1.93. The largest absolute Gasteiger partial charge is 0.494 e. The maximum atomic E-state index is 12.0. The van der Waals surface area contributed by atoms with Crippen molar-refractivity contribution in [1.82, 2.24) is 5.32 Å². The summed E-state index contributed by atoms with van der Waals surface area (Å²) in [7, 11) is 0. The van der Waals surface area contributed by atoms with Gasteiger partial charge in [-0.1, -0.05) is 29.8 Å². The van der Waals surface area contributed by atoms with Crippen LogP contribution in [0.2, 0.25) is 5.02 Å². The topological polar surface area (TPSA) is 58.6 Å². The van der Waals surface area contributed by atoms with E-state index in [1.54, 1.807) is 48.5 Å². The second-order valence-corrected chi connectivity index (χ2v) is 5.11. The fourth-order valence-electron chi connectivity index (χ4n) is 2.02. The van der Waals surface area contributed by atoms with Gasteiger partial charge in [0.25, 0.3) is 5.91 Å². The quantitative estimate of drug-likeness (QED) is 0.859. The summed E-state index contributed by atoms with van der Waals surface area (Å²) in [6.07, 6.45) is -0.847. The Labute approximate surface area is 134 Å². The SMILES string of the molecule is CCOc1ccc(C(=O)NCC(O)c2ccccc2Cl)cc1. The predicted molar refractivity (Wildman–Crippen MR) is 86.4 cm³/mol. The van der Waals surface area contributed by atoms with E-state index >= 15 is 0 Å². The summed E-state index contributed by atoms with van der Waals surface area (Å²) in [4.78, 5) is 12.0. The molecule has 0 saturated heterocycles. The Kier molecular flexibility index (Phi) is 5.81. The summed E-state index contributed by atoms with van der Waals surface area (Å²) >= 11 is 6.01. The molecule has 0 saturated carbocycles. The smallest absolute Gasteiger partial charge is 0.251 e. The fraction of sp³-hybridized carbons (Fsp3) is 0.235. The summed E-state index contributed by atoms with van der Waals surface area (Å²) in [6.45, 7) is 2.57. The van der Waals surface area contributed by atoms with Crippen molar-refractivity contribution >= 4 is 17.5 Å². The highest BCUT2D eigenvalue weighted by molar-refractivity contribution is 6.31. The molecule has 0 fully saturated rings. The molecule has 4 nitrogen and oxygen atoms in total. The van der Waals surface area contributed by atoms with Crippen molar-refractivity contribution in [2.45, 2.75) is 13.0 Å². The number of carbonyl (C=O) groups excluding carboxylic acids is 1. The molecule has 2 N–H and O–H groups in total. The summed E-state index contributed by atoms with van der Waals surface area (Å²) in [5.74, 6) is 0.462. The van der Waals surface area contributed by atoms with E-state index in [1.165, 1.54) is 0 Å². The first-order valence-electron chi connectivity index (χ1n) is 7.05. The van der Waals surface area contributed by atoms with Gasteiger partial charge in [-0.05, 0) is 37.3 Å². The van der Waals surface area contributed by atoms with Crippen molar-refractivity contribution in [2.24, 2.45) is 0 Å². The molecular weight excluding hydrogens is 302 g/mol. The van der Waals surface area contributed by atoms with Crippen LogP contribution in [-0.4, -0.2) is 24.2 Å². The summed E-state index contributed by atoms with van der Waals surface area (Å²) < 4.78 is 5.32. The Hall–Kier alpha value is -2.04. The van der Waals surface area contributed by atoms with E-state index in [9.17, 15) is 9.90 Å². The molecule has 2 rings (SSSR count). The molecule has 0 radical (unpaired) electrons. The van der Waals surface area contributed by atoms with Crippen molar-refractivity contribution in [2.75, 3.05) is 13.2 Å². The monoisotopic (exact) mass is 319 g/mol.